The Kier molecular flexibility index (Phi) is 9.35. The van der Waals surface area contributed by atoms with Crippen molar-refractivity contribution in [1.82, 2.24) is 0 Å². The first-order valence-corrected chi connectivity index (χ1v) is 10.6. The Morgan fingerprint density at radius 2 is 1.17 bits per heavy atom. The molecule has 0 aromatic heterocycles. The predicted molar refractivity (Wildman–Crippen MR) is 102 cm³/mol. The van der Waals surface area contributed by atoms with Gasteiger partial charge in [0.1, 0.15) is 67.1 Å². The summed E-state index contributed by atoms with van der Waals surface area (Å²) >= 11 is 0. The normalized spacial score (nSPS) is 51.2. The van der Waals surface area contributed by atoms with Crippen LogP contribution in [-0.4, -0.2) is 167 Å². The molecule has 11 N–H and O–H groups in total. The van der Waals surface area contributed by atoms with Gasteiger partial charge in [-0.2, -0.15) is 0 Å². The van der Waals surface area contributed by atoms with Crippen LogP contribution in [0.25, 0.3) is 0 Å². The summed E-state index contributed by atoms with van der Waals surface area (Å²) in [6.45, 7) is -1.64. The minimum absolute atomic E-state index is 0.796. The van der Waals surface area contributed by atoms with E-state index < -0.39 is 111 Å². The SMILES string of the molecule is O=C(O)[C@H]1O[C@@H](O[C@@H]2[C@@H](O[C@H]3[C@H](O)[C@@H](CO)OC(O)[C@H]3O)O[C@H](CO)[C@@H](O)[C@@H]2O)[C@H](O)[C@@H](O)[C@@H]1O. The van der Waals surface area contributed by atoms with Gasteiger partial charge in [-0.15, -0.1) is 0 Å². The first kappa shape index (κ1) is 28.4. The van der Waals surface area contributed by atoms with E-state index in [9.17, 15) is 61.0 Å². The molecule has 3 aliphatic heterocycles. The Hall–Kier alpha value is -1.13. The zero-order chi connectivity index (χ0) is 26.2. The van der Waals surface area contributed by atoms with E-state index in [2.05, 4.69) is 0 Å². The van der Waals surface area contributed by atoms with E-state index >= 15 is 0 Å². The Bertz CT molecular complexity index is 711. The number of carboxylic acids is 1. The molecule has 3 heterocycles. The number of ether oxygens (including phenoxy) is 5. The van der Waals surface area contributed by atoms with Gasteiger partial charge in [-0.1, -0.05) is 0 Å². The van der Waals surface area contributed by atoms with Crippen LogP contribution in [0.5, 0.6) is 0 Å². The van der Waals surface area contributed by atoms with Crippen molar-refractivity contribution in [3.63, 3.8) is 0 Å². The van der Waals surface area contributed by atoms with Crippen LogP contribution in [0.2, 0.25) is 0 Å². The Labute approximate surface area is 196 Å². The number of rotatable bonds is 7. The second-order valence-electron chi connectivity index (χ2n) is 8.37. The van der Waals surface area contributed by atoms with Crippen molar-refractivity contribution in [2.75, 3.05) is 13.2 Å². The van der Waals surface area contributed by atoms with Crippen LogP contribution in [0.1, 0.15) is 0 Å². The molecule has 15 atom stereocenters. The molecule has 3 aliphatic rings. The van der Waals surface area contributed by atoms with Gasteiger partial charge < -0.3 is 79.9 Å². The molecule has 204 valence electrons. The maximum Gasteiger partial charge on any atom is 0.335 e. The minimum atomic E-state index is -2.06. The number of hydrogen-bond acceptors (Lipinski definition) is 16. The van der Waals surface area contributed by atoms with E-state index in [1.54, 1.807) is 0 Å². The van der Waals surface area contributed by atoms with Crippen molar-refractivity contribution >= 4 is 5.97 Å². The average molecular weight is 518 g/mol. The molecular formula is C18H30O17. The second-order valence-corrected chi connectivity index (χ2v) is 8.37. The lowest BCUT2D eigenvalue weighted by molar-refractivity contribution is -0.385. The van der Waals surface area contributed by atoms with Crippen molar-refractivity contribution in [3.8, 4) is 0 Å². The van der Waals surface area contributed by atoms with Crippen LogP contribution >= 0.6 is 0 Å². The summed E-state index contributed by atoms with van der Waals surface area (Å²) in [6.07, 6.45) is -28.1. The lowest BCUT2D eigenvalue weighted by Crippen LogP contribution is -2.67. The number of hydrogen-bond donors (Lipinski definition) is 11. The van der Waals surface area contributed by atoms with Crippen molar-refractivity contribution in [2.24, 2.45) is 0 Å². The Morgan fingerprint density at radius 1 is 0.600 bits per heavy atom. The van der Waals surface area contributed by atoms with Gasteiger partial charge in [-0.3, -0.25) is 0 Å². The van der Waals surface area contributed by atoms with Crippen LogP contribution in [-0.2, 0) is 28.5 Å². The van der Waals surface area contributed by atoms with Crippen molar-refractivity contribution in [1.29, 1.82) is 0 Å². The number of aliphatic carboxylic acids is 1. The lowest BCUT2D eigenvalue weighted by Gasteiger charge is -2.48. The molecule has 0 bridgehead atoms. The maximum atomic E-state index is 11.3. The highest BCUT2D eigenvalue weighted by molar-refractivity contribution is 5.73. The average Bonchev–Trinajstić information content (AvgIpc) is 2.82. The summed E-state index contributed by atoms with van der Waals surface area (Å²) in [5.74, 6) is -1.72. The van der Waals surface area contributed by atoms with Gasteiger partial charge in [-0.05, 0) is 0 Å². The molecule has 3 fully saturated rings. The summed E-state index contributed by atoms with van der Waals surface area (Å²) in [6, 6.07) is 0. The number of carboxylic acid groups (broad SMARTS) is 1. The molecule has 1 unspecified atom stereocenters. The van der Waals surface area contributed by atoms with Crippen molar-refractivity contribution < 1.29 is 84.7 Å². The van der Waals surface area contributed by atoms with Crippen LogP contribution in [0, 0.1) is 0 Å². The third-order valence-corrected chi connectivity index (χ3v) is 6.06. The summed E-state index contributed by atoms with van der Waals surface area (Å²) in [5, 5.41) is 109. The summed E-state index contributed by atoms with van der Waals surface area (Å²) in [5.41, 5.74) is 0. The molecule has 3 saturated heterocycles. The number of aliphatic hydroxyl groups is 10. The fourth-order valence-corrected chi connectivity index (χ4v) is 4.01. The molecule has 3 rings (SSSR count). The molecule has 17 heteroatoms. The minimum Gasteiger partial charge on any atom is -0.479 e. The predicted octanol–water partition coefficient (Wildman–Crippen LogP) is -7.48. The first-order valence-electron chi connectivity index (χ1n) is 10.6. The Balaban J connectivity index is 1.86. The molecule has 0 radical (unpaired) electrons. The zero-order valence-corrected chi connectivity index (χ0v) is 17.9. The first-order chi connectivity index (χ1) is 16.4. The van der Waals surface area contributed by atoms with Gasteiger partial charge in [0, 0.05) is 0 Å². The van der Waals surface area contributed by atoms with Gasteiger partial charge in [0.2, 0.25) is 0 Å². The number of carbonyl (C=O) groups is 1. The van der Waals surface area contributed by atoms with Gasteiger partial charge in [0.25, 0.3) is 0 Å². The molecule has 0 aliphatic carbocycles. The fraction of sp³-hybridized carbons (Fsp3) is 0.944. The van der Waals surface area contributed by atoms with Crippen LogP contribution < -0.4 is 0 Å². The summed E-state index contributed by atoms with van der Waals surface area (Å²) in [4.78, 5) is 11.3. The third kappa shape index (κ3) is 5.59. The van der Waals surface area contributed by atoms with E-state index in [0.717, 1.165) is 0 Å². The maximum absolute atomic E-state index is 11.3. The highest BCUT2D eigenvalue weighted by atomic mass is 16.8. The van der Waals surface area contributed by atoms with Gasteiger partial charge in [0.15, 0.2) is 25.0 Å². The van der Waals surface area contributed by atoms with Crippen LogP contribution in [0.4, 0.5) is 0 Å². The molecule has 0 saturated carbocycles. The van der Waals surface area contributed by atoms with Gasteiger partial charge >= 0.3 is 5.97 Å². The largest absolute Gasteiger partial charge is 0.479 e. The second kappa shape index (κ2) is 11.5. The molecule has 0 aromatic carbocycles. The third-order valence-electron chi connectivity index (χ3n) is 6.06. The van der Waals surface area contributed by atoms with E-state index in [0.29, 0.717) is 0 Å². The van der Waals surface area contributed by atoms with Crippen molar-refractivity contribution in [2.45, 2.75) is 92.1 Å². The summed E-state index contributed by atoms with van der Waals surface area (Å²) in [7, 11) is 0. The molecular weight excluding hydrogens is 488 g/mol. The molecule has 0 spiro atoms. The highest BCUT2D eigenvalue weighted by Crippen LogP contribution is 2.32. The molecule has 0 aromatic rings. The Morgan fingerprint density at radius 3 is 1.74 bits per heavy atom. The van der Waals surface area contributed by atoms with Gasteiger partial charge in [0.05, 0.1) is 13.2 Å². The number of aliphatic hydroxyl groups excluding tert-OH is 10. The molecule has 0 amide bonds. The summed E-state index contributed by atoms with van der Waals surface area (Å²) < 4.78 is 26.0. The van der Waals surface area contributed by atoms with Gasteiger partial charge in [-0.25, -0.2) is 4.79 Å². The van der Waals surface area contributed by atoms with Crippen molar-refractivity contribution in [3.05, 3.63) is 0 Å². The highest BCUT2D eigenvalue weighted by Gasteiger charge is 2.54. The van der Waals surface area contributed by atoms with E-state index in [4.69, 9.17) is 23.7 Å². The van der Waals surface area contributed by atoms with E-state index in [-0.39, 0.29) is 0 Å². The topological polar surface area (TPSA) is 286 Å². The standard InChI is InChI=1S/C18H30O17/c19-1-3-5(21)8(24)14(35-17-10(26)7(23)9(25)13(34-17)15(28)29)18(32-3)33-12-6(22)4(2-20)31-16(30)11(12)27/h3-14,16-27,30H,1-2H2,(H,28,29)/t3-,4-,5-,6-,7+,8+,9+,10-,11+,12+,13+,14+,16?,17+,18-/m1/s1. The lowest BCUT2D eigenvalue weighted by atomic mass is 9.96. The monoisotopic (exact) mass is 518 g/mol. The van der Waals surface area contributed by atoms with Crippen LogP contribution in [0.15, 0.2) is 0 Å². The molecule has 17 nitrogen and oxygen atoms in total. The van der Waals surface area contributed by atoms with Crippen LogP contribution in [0.3, 0.4) is 0 Å². The quantitative estimate of drug-likeness (QED) is 0.149. The van der Waals surface area contributed by atoms with E-state index in [1.807, 2.05) is 0 Å². The van der Waals surface area contributed by atoms with E-state index in [1.165, 1.54) is 0 Å². The smallest absolute Gasteiger partial charge is 0.335 e. The zero-order valence-electron chi connectivity index (χ0n) is 17.9. The molecule has 35 heavy (non-hydrogen) atoms. The fourth-order valence-electron chi connectivity index (χ4n) is 4.01.